The molecule has 0 bridgehead atoms. The third kappa shape index (κ3) is 6.27. The normalized spacial score (nSPS) is 16.1. The fraction of sp³-hybridized carbons (Fsp3) is 0.231. The van der Waals surface area contributed by atoms with Gasteiger partial charge in [-0.2, -0.15) is 0 Å². The Morgan fingerprint density at radius 3 is 2.49 bits per heavy atom. The van der Waals surface area contributed by atoms with Crippen LogP contribution in [-0.2, 0) is 14.3 Å². The standard InChI is InChI=1S/C26H23N3O10/c1-15-12-28(26(33)27-25(15)32)22-10-8-19(39-22)13-38-23(30)14-37-21-11-17(5-9-20(21)36-2)24(31)16-3-6-18(7-4-16)29(34)35/h3-12,19,22H,13-14H2,1-2H3,(H,27,32,33)/t19-,22+/m0/s1. The Morgan fingerprint density at radius 1 is 1.08 bits per heavy atom. The lowest BCUT2D eigenvalue weighted by Gasteiger charge is -2.16. The molecule has 13 heteroatoms. The Balaban J connectivity index is 1.33. The number of ether oxygens (including phenoxy) is 4. The van der Waals surface area contributed by atoms with Crippen molar-refractivity contribution in [3.63, 3.8) is 0 Å². The van der Waals surface area contributed by atoms with Gasteiger partial charge in [0.2, 0.25) is 0 Å². The number of methoxy groups -OCH3 is 1. The molecule has 0 unspecified atom stereocenters. The molecule has 0 saturated carbocycles. The van der Waals surface area contributed by atoms with Gasteiger partial charge in [0, 0.05) is 35.0 Å². The van der Waals surface area contributed by atoms with Gasteiger partial charge in [0.05, 0.1) is 12.0 Å². The molecule has 0 radical (unpaired) electrons. The number of aromatic amines is 1. The predicted octanol–water partition coefficient (Wildman–Crippen LogP) is 2.07. The number of non-ortho nitro benzene ring substituents is 1. The summed E-state index contributed by atoms with van der Waals surface area (Å²) in [6, 6.07) is 9.56. The maximum Gasteiger partial charge on any atom is 0.344 e. The number of aryl methyl sites for hydroxylation is 1. The van der Waals surface area contributed by atoms with Crippen molar-refractivity contribution in [1.29, 1.82) is 0 Å². The fourth-order valence-electron chi connectivity index (χ4n) is 3.70. The van der Waals surface area contributed by atoms with Crippen molar-refractivity contribution in [1.82, 2.24) is 9.55 Å². The van der Waals surface area contributed by atoms with E-state index in [9.17, 15) is 29.3 Å². The maximum absolute atomic E-state index is 12.8. The van der Waals surface area contributed by atoms with Crippen LogP contribution in [0.4, 0.5) is 5.69 Å². The molecule has 0 aliphatic carbocycles. The number of nitro groups is 1. The zero-order valence-electron chi connectivity index (χ0n) is 20.8. The van der Waals surface area contributed by atoms with Crippen molar-refractivity contribution < 1.29 is 33.5 Å². The van der Waals surface area contributed by atoms with Gasteiger partial charge < -0.3 is 18.9 Å². The fourth-order valence-corrected chi connectivity index (χ4v) is 3.70. The number of hydrogen-bond acceptors (Lipinski definition) is 10. The minimum absolute atomic E-state index is 0.118. The van der Waals surface area contributed by atoms with Crippen LogP contribution in [0.5, 0.6) is 11.5 Å². The topological polar surface area (TPSA) is 169 Å². The van der Waals surface area contributed by atoms with Crippen LogP contribution >= 0.6 is 0 Å². The number of H-pyrrole nitrogens is 1. The number of rotatable bonds is 10. The molecular formula is C26H23N3O10. The number of hydrogen-bond donors (Lipinski definition) is 1. The Morgan fingerprint density at radius 2 is 1.79 bits per heavy atom. The summed E-state index contributed by atoms with van der Waals surface area (Å²) < 4.78 is 22.9. The molecule has 39 heavy (non-hydrogen) atoms. The van der Waals surface area contributed by atoms with Gasteiger partial charge >= 0.3 is 11.7 Å². The van der Waals surface area contributed by atoms with Crippen LogP contribution < -0.4 is 20.7 Å². The smallest absolute Gasteiger partial charge is 0.344 e. The monoisotopic (exact) mass is 537 g/mol. The lowest BCUT2D eigenvalue weighted by Crippen LogP contribution is -2.33. The van der Waals surface area contributed by atoms with Gasteiger partial charge in [0.25, 0.3) is 11.2 Å². The van der Waals surface area contributed by atoms with Crippen molar-refractivity contribution in [2.45, 2.75) is 19.3 Å². The van der Waals surface area contributed by atoms with Crippen LogP contribution in [0.3, 0.4) is 0 Å². The lowest BCUT2D eigenvalue weighted by molar-refractivity contribution is -0.384. The van der Waals surface area contributed by atoms with Gasteiger partial charge in [0.15, 0.2) is 30.1 Å². The molecule has 2 heterocycles. The second-order valence-corrected chi connectivity index (χ2v) is 8.40. The van der Waals surface area contributed by atoms with Crippen molar-refractivity contribution >= 4 is 17.4 Å². The van der Waals surface area contributed by atoms with Crippen LogP contribution in [0.25, 0.3) is 0 Å². The molecule has 3 aromatic rings. The maximum atomic E-state index is 12.8. The van der Waals surface area contributed by atoms with E-state index in [-0.39, 0.29) is 34.9 Å². The highest BCUT2D eigenvalue weighted by atomic mass is 16.6. The number of nitro benzene ring substituents is 1. The van der Waals surface area contributed by atoms with Gasteiger partial charge in [-0.1, -0.05) is 6.08 Å². The molecular weight excluding hydrogens is 514 g/mol. The van der Waals surface area contributed by atoms with E-state index in [2.05, 4.69) is 4.98 Å². The number of nitrogens with zero attached hydrogens (tertiary/aromatic N) is 2. The van der Waals surface area contributed by atoms with E-state index in [1.807, 2.05) is 0 Å². The highest BCUT2D eigenvalue weighted by Gasteiger charge is 2.23. The molecule has 2 atom stereocenters. The quantitative estimate of drug-likeness (QED) is 0.133. The van der Waals surface area contributed by atoms with E-state index < -0.39 is 46.9 Å². The molecule has 0 spiro atoms. The van der Waals surface area contributed by atoms with Gasteiger partial charge in [0.1, 0.15) is 12.7 Å². The number of aromatic nitrogens is 2. The van der Waals surface area contributed by atoms with E-state index in [0.717, 1.165) is 0 Å². The minimum atomic E-state index is -0.770. The Labute approximate surface area is 220 Å². The average Bonchev–Trinajstić information content (AvgIpc) is 3.41. The Kier molecular flexibility index (Phi) is 8.01. The molecule has 0 saturated heterocycles. The number of carbonyl (C=O) groups is 2. The van der Waals surface area contributed by atoms with Crippen molar-refractivity contribution in [3.05, 3.63) is 108 Å². The van der Waals surface area contributed by atoms with Gasteiger partial charge in [-0.05, 0) is 43.3 Å². The summed E-state index contributed by atoms with van der Waals surface area (Å²) in [7, 11) is 1.40. The summed E-state index contributed by atoms with van der Waals surface area (Å²) in [5.41, 5.74) is -0.462. The molecule has 2 aromatic carbocycles. The average molecular weight is 537 g/mol. The van der Waals surface area contributed by atoms with E-state index in [0.29, 0.717) is 5.56 Å². The van der Waals surface area contributed by atoms with Crippen molar-refractivity contribution in [2.75, 3.05) is 20.3 Å². The first-order valence-corrected chi connectivity index (χ1v) is 11.6. The summed E-state index contributed by atoms with van der Waals surface area (Å²) in [6.07, 6.45) is 3.21. The van der Waals surface area contributed by atoms with E-state index >= 15 is 0 Å². The number of carbonyl (C=O) groups excluding carboxylic acids is 2. The molecule has 1 aliphatic rings. The van der Waals surface area contributed by atoms with Crippen LogP contribution in [-0.4, -0.2) is 52.7 Å². The van der Waals surface area contributed by atoms with Crippen molar-refractivity contribution in [3.8, 4) is 11.5 Å². The highest BCUT2D eigenvalue weighted by Crippen LogP contribution is 2.29. The van der Waals surface area contributed by atoms with Crippen LogP contribution in [0, 0.1) is 17.0 Å². The van der Waals surface area contributed by atoms with E-state index in [1.54, 1.807) is 19.1 Å². The minimum Gasteiger partial charge on any atom is -0.493 e. The number of nitrogens with one attached hydrogen (secondary N) is 1. The second kappa shape index (κ2) is 11.6. The van der Waals surface area contributed by atoms with Crippen LogP contribution in [0.2, 0.25) is 0 Å². The SMILES string of the molecule is COc1ccc(C(=O)c2ccc([N+](=O)[O-])cc2)cc1OCC(=O)OC[C@@H]1C=C[C@H](n2cc(C)c(=O)[nH]c2=O)O1. The third-order valence-electron chi connectivity index (χ3n) is 5.74. The predicted molar refractivity (Wildman–Crippen MR) is 135 cm³/mol. The zero-order chi connectivity index (χ0) is 28.1. The Bertz CT molecular complexity index is 1560. The van der Waals surface area contributed by atoms with Crippen LogP contribution in [0.15, 0.2) is 70.4 Å². The van der Waals surface area contributed by atoms with E-state index in [1.165, 1.54) is 60.3 Å². The molecule has 1 N–H and O–H groups in total. The molecule has 13 nitrogen and oxygen atoms in total. The second-order valence-electron chi connectivity index (χ2n) is 8.40. The summed E-state index contributed by atoms with van der Waals surface area (Å²) in [4.78, 5) is 61.2. The molecule has 4 rings (SSSR count). The summed E-state index contributed by atoms with van der Waals surface area (Å²) >= 11 is 0. The number of benzene rings is 2. The molecule has 1 aliphatic heterocycles. The first-order chi connectivity index (χ1) is 18.7. The highest BCUT2D eigenvalue weighted by molar-refractivity contribution is 6.09. The van der Waals surface area contributed by atoms with E-state index in [4.69, 9.17) is 18.9 Å². The molecule has 0 fully saturated rings. The molecule has 202 valence electrons. The van der Waals surface area contributed by atoms with Gasteiger partial charge in [-0.25, -0.2) is 9.59 Å². The van der Waals surface area contributed by atoms with Gasteiger partial charge in [-0.3, -0.25) is 29.3 Å². The van der Waals surface area contributed by atoms with Gasteiger partial charge in [-0.15, -0.1) is 0 Å². The molecule has 0 amide bonds. The largest absolute Gasteiger partial charge is 0.493 e. The number of esters is 1. The number of ketones is 1. The summed E-state index contributed by atoms with van der Waals surface area (Å²) in [5, 5.41) is 10.8. The van der Waals surface area contributed by atoms with Crippen LogP contribution in [0.1, 0.15) is 27.7 Å². The molecule has 1 aromatic heterocycles. The van der Waals surface area contributed by atoms with Crippen molar-refractivity contribution in [2.24, 2.45) is 0 Å². The summed E-state index contributed by atoms with van der Waals surface area (Å²) in [6.45, 7) is 0.912. The zero-order valence-corrected chi connectivity index (χ0v) is 20.8. The summed E-state index contributed by atoms with van der Waals surface area (Å²) in [5.74, 6) is -0.736. The first-order valence-electron chi connectivity index (χ1n) is 11.6. The lowest BCUT2D eigenvalue weighted by atomic mass is 10.0. The Hall–Kier alpha value is -5.04. The third-order valence-corrected chi connectivity index (χ3v) is 5.74. The first kappa shape index (κ1) is 27.0.